The van der Waals surface area contributed by atoms with Crippen molar-refractivity contribution in [1.82, 2.24) is 4.31 Å². The molecule has 2 aromatic rings. The Balaban J connectivity index is 1.55. The monoisotopic (exact) mass is 478 g/mol. The zero-order valence-electron chi connectivity index (χ0n) is 18.3. The minimum absolute atomic E-state index is 0.00680. The van der Waals surface area contributed by atoms with Gasteiger partial charge in [0.2, 0.25) is 10.0 Å². The average molecular weight is 479 g/mol. The first-order chi connectivity index (χ1) is 15.5. The maximum Gasteiger partial charge on any atom is 0.573 e. The maximum atomic E-state index is 13.7. The second-order valence-corrected chi connectivity index (χ2v) is 10.5. The lowest BCUT2D eigenvalue weighted by molar-refractivity contribution is -0.274. The van der Waals surface area contributed by atoms with E-state index in [1.807, 2.05) is 24.8 Å². The molecule has 1 unspecified atom stereocenters. The number of fused-ring (bicyclic) bond motifs is 1. The zero-order valence-corrected chi connectivity index (χ0v) is 19.2. The molecule has 4 rings (SSSR count). The largest absolute Gasteiger partial charge is 0.573 e. The van der Waals surface area contributed by atoms with Crippen molar-refractivity contribution in [1.29, 1.82) is 0 Å². The van der Waals surface area contributed by atoms with Gasteiger partial charge in [-0.15, -0.1) is 25.5 Å². The lowest BCUT2D eigenvalue weighted by Gasteiger charge is -2.44. The molecule has 0 saturated carbocycles. The first-order valence-electron chi connectivity index (χ1n) is 10.7. The van der Waals surface area contributed by atoms with E-state index in [9.17, 15) is 21.6 Å². The molecule has 1 fully saturated rings. The van der Waals surface area contributed by atoms with Crippen LogP contribution in [0.15, 0.2) is 47.4 Å². The smallest absolute Gasteiger partial charge is 0.406 e. The Morgan fingerprint density at radius 3 is 2.24 bits per heavy atom. The van der Waals surface area contributed by atoms with Crippen LogP contribution in [-0.2, 0) is 22.9 Å². The molecule has 1 saturated heterocycles. The number of nitrogens with zero attached hydrogens (tertiary/aromatic N) is 2. The minimum atomic E-state index is -4.75. The number of ether oxygens (including phenoxy) is 1. The third kappa shape index (κ3) is 4.68. The first kappa shape index (κ1) is 23.5. The van der Waals surface area contributed by atoms with Gasteiger partial charge >= 0.3 is 6.36 Å². The highest BCUT2D eigenvalue weighted by atomic mass is 32.2. The summed E-state index contributed by atoms with van der Waals surface area (Å²) in [6.45, 7) is 4.50. The average Bonchev–Trinajstić information content (AvgIpc) is 3.15. The number of anilines is 1. The summed E-state index contributed by atoms with van der Waals surface area (Å²) in [6, 6.07) is 10.3. The Morgan fingerprint density at radius 2 is 1.67 bits per heavy atom. The van der Waals surface area contributed by atoms with Crippen molar-refractivity contribution >= 4 is 15.7 Å². The SMILES string of the molecule is C#CC1Cc2cccc(S(=O)(=O)N3[C@H](C)CN(c4ccc(OC(F)(F)F)cc4)C[C@@H]3C)c2C1. The van der Waals surface area contributed by atoms with E-state index in [0.717, 1.165) is 11.1 Å². The van der Waals surface area contributed by atoms with E-state index < -0.39 is 16.4 Å². The maximum absolute atomic E-state index is 13.7. The van der Waals surface area contributed by atoms with Crippen LogP contribution in [0, 0.1) is 18.3 Å². The Morgan fingerprint density at radius 1 is 1.03 bits per heavy atom. The molecule has 0 aromatic heterocycles. The quantitative estimate of drug-likeness (QED) is 0.618. The van der Waals surface area contributed by atoms with E-state index in [2.05, 4.69) is 10.7 Å². The van der Waals surface area contributed by atoms with Crippen LogP contribution in [0.3, 0.4) is 0 Å². The fourth-order valence-electron chi connectivity index (χ4n) is 4.94. The summed E-state index contributed by atoms with van der Waals surface area (Å²) in [5.74, 6) is 2.45. The van der Waals surface area contributed by atoms with Crippen molar-refractivity contribution in [2.75, 3.05) is 18.0 Å². The molecular weight excluding hydrogens is 453 g/mol. The molecular formula is C24H25F3N2O3S. The molecule has 1 aliphatic carbocycles. The fraction of sp³-hybridized carbons (Fsp3) is 0.417. The molecule has 0 radical (unpaired) electrons. The van der Waals surface area contributed by atoms with Gasteiger partial charge in [0.15, 0.2) is 0 Å². The van der Waals surface area contributed by atoms with Crippen LogP contribution in [0.2, 0.25) is 0 Å². The number of hydrogen-bond acceptors (Lipinski definition) is 4. The van der Waals surface area contributed by atoms with Gasteiger partial charge in [0, 0.05) is 36.8 Å². The number of alkyl halides is 3. The van der Waals surface area contributed by atoms with Crippen LogP contribution in [0.4, 0.5) is 18.9 Å². The highest BCUT2D eigenvalue weighted by Crippen LogP contribution is 2.36. The molecule has 3 atom stereocenters. The van der Waals surface area contributed by atoms with Gasteiger partial charge in [0.25, 0.3) is 0 Å². The number of halogens is 3. The summed E-state index contributed by atoms with van der Waals surface area (Å²) >= 11 is 0. The summed E-state index contributed by atoms with van der Waals surface area (Å²) in [4.78, 5) is 2.29. The molecule has 0 amide bonds. The first-order valence-corrected chi connectivity index (χ1v) is 12.1. The molecule has 0 spiro atoms. The summed E-state index contributed by atoms with van der Waals surface area (Å²) < 4.78 is 70.1. The van der Waals surface area contributed by atoms with Crippen LogP contribution >= 0.6 is 0 Å². The number of sulfonamides is 1. The lowest BCUT2D eigenvalue weighted by Crippen LogP contribution is -2.58. The van der Waals surface area contributed by atoms with E-state index in [-0.39, 0.29) is 23.8 Å². The number of benzene rings is 2. The normalized spacial score (nSPS) is 23.8. The summed E-state index contributed by atoms with van der Waals surface area (Å²) in [5.41, 5.74) is 2.50. The third-order valence-electron chi connectivity index (χ3n) is 6.21. The Hall–Kier alpha value is -2.70. The predicted octanol–water partition coefficient (Wildman–Crippen LogP) is 4.22. The van der Waals surface area contributed by atoms with Crippen molar-refractivity contribution in [2.45, 2.75) is 50.0 Å². The standard InChI is InChI=1S/C24H25F3N2O3S/c1-4-18-12-19-6-5-7-23(22(19)13-18)33(30,31)29-16(2)14-28(15-17(29)3)20-8-10-21(11-9-20)32-24(25,26)27/h1,5-11,16-18H,12-15H2,2-3H3/t16-,17+,18?. The Kier molecular flexibility index (Phi) is 6.10. The summed E-state index contributed by atoms with van der Waals surface area (Å²) in [5, 5.41) is 0. The molecule has 2 aromatic carbocycles. The van der Waals surface area contributed by atoms with Gasteiger partial charge in [-0.3, -0.25) is 0 Å². The van der Waals surface area contributed by atoms with Crippen LogP contribution in [0.25, 0.3) is 0 Å². The molecule has 0 bridgehead atoms. The molecule has 33 heavy (non-hydrogen) atoms. The van der Waals surface area contributed by atoms with Crippen LogP contribution in [-0.4, -0.2) is 44.3 Å². The number of hydrogen-bond donors (Lipinski definition) is 0. The number of piperazine rings is 1. The lowest BCUT2D eigenvalue weighted by atomic mass is 10.1. The molecule has 176 valence electrons. The number of rotatable bonds is 4. The second-order valence-electron chi connectivity index (χ2n) is 8.65. The van der Waals surface area contributed by atoms with Crippen molar-refractivity contribution < 1.29 is 26.3 Å². The molecule has 1 heterocycles. The highest BCUT2D eigenvalue weighted by Gasteiger charge is 2.40. The van der Waals surface area contributed by atoms with Gasteiger partial charge in [0.05, 0.1) is 4.90 Å². The second kappa shape index (κ2) is 8.58. The van der Waals surface area contributed by atoms with E-state index in [1.165, 1.54) is 12.1 Å². The van der Waals surface area contributed by atoms with E-state index in [4.69, 9.17) is 6.42 Å². The van der Waals surface area contributed by atoms with Gasteiger partial charge in [-0.2, -0.15) is 4.31 Å². The highest BCUT2D eigenvalue weighted by molar-refractivity contribution is 7.89. The summed E-state index contributed by atoms with van der Waals surface area (Å²) in [7, 11) is -3.76. The fourth-order valence-corrected chi connectivity index (χ4v) is 7.03. The molecule has 5 nitrogen and oxygen atoms in total. The Labute approximate surface area is 192 Å². The van der Waals surface area contributed by atoms with Gasteiger partial charge in [0.1, 0.15) is 5.75 Å². The van der Waals surface area contributed by atoms with Gasteiger partial charge in [-0.05, 0) is 68.1 Å². The van der Waals surface area contributed by atoms with Crippen molar-refractivity contribution in [2.24, 2.45) is 5.92 Å². The van der Waals surface area contributed by atoms with Gasteiger partial charge < -0.3 is 9.64 Å². The van der Waals surface area contributed by atoms with E-state index in [1.54, 1.807) is 28.6 Å². The van der Waals surface area contributed by atoms with Crippen molar-refractivity contribution in [3.05, 3.63) is 53.6 Å². The zero-order chi connectivity index (χ0) is 24.0. The van der Waals surface area contributed by atoms with E-state index >= 15 is 0 Å². The van der Waals surface area contributed by atoms with Crippen molar-refractivity contribution in [3.8, 4) is 18.1 Å². The van der Waals surface area contributed by atoms with Crippen molar-refractivity contribution in [3.63, 3.8) is 0 Å². The van der Waals surface area contributed by atoms with Gasteiger partial charge in [-0.1, -0.05) is 12.1 Å². The van der Waals surface area contributed by atoms with Crippen LogP contribution in [0.5, 0.6) is 5.75 Å². The summed E-state index contributed by atoms with van der Waals surface area (Å²) in [6.07, 6.45) is 2.08. The number of terminal acetylenes is 1. The van der Waals surface area contributed by atoms with Crippen LogP contribution in [0.1, 0.15) is 25.0 Å². The molecule has 1 aliphatic heterocycles. The topological polar surface area (TPSA) is 49.9 Å². The minimum Gasteiger partial charge on any atom is -0.406 e. The molecule has 0 N–H and O–H groups in total. The Bertz CT molecular complexity index is 1160. The predicted molar refractivity (Wildman–Crippen MR) is 119 cm³/mol. The van der Waals surface area contributed by atoms with Gasteiger partial charge in [-0.25, -0.2) is 8.42 Å². The molecule has 9 heteroatoms. The third-order valence-corrected chi connectivity index (χ3v) is 8.42. The van der Waals surface area contributed by atoms with Crippen LogP contribution < -0.4 is 9.64 Å². The molecule has 2 aliphatic rings. The van der Waals surface area contributed by atoms with E-state index in [0.29, 0.717) is 36.5 Å².